The maximum absolute atomic E-state index is 11.4. The van der Waals surface area contributed by atoms with E-state index >= 15 is 0 Å². The lowest BCUT2D eigenvalue weighted by Crippen LogP contribution is -1.93. The molecule has 0 fully saturated rings. The molecular formula is C16H22O2. The molecule has 0 aliphatic rings. The van der Waals surface area contributed by atoms with Crippen molar-refractivity contribution in [2.75, 3.05) is 0 Å². The predicted octanol–water partition coefficient (Wildman–Crippen LogP) is 3.94. The largest absolute Gasteiger partial charge is 0.299 e. The molecule has 0 saturated carbocycles. The number of carbonyl (C=O) groups is 2. The smallest absolute Gasteiger partial charge is 0.163 e. The summed E-state index contributed by atoms with van der Waals surface area (Å²) in [7, 11) is 0. The van der Waals surface area contributed by atoms with Crippen molar-refractivity contribution in [3.8, 4) is 0 Å². The highest BCUT2D eigenvalue weighted by molar-refractivity contribution is 5.89. The summed E-state index contributed by atoms with van der Waals surface area (Å²) in [5, 5.41) is 0. The molecule has 0 aromatic rings. The zero-order chi connectivity index (χ0) is 13.6. The molecule has 0 bridgehead atoms. The highest BCUT2D eigenvalue weighted by Crippen LogP contribution is 1.98. The van der Waals surface area contributed by atoms with Crippen LogP contribution in [0.2, 0.25) is 0 Å². The molecule has 0 amide bonds. The third kappa shape index (κ3) is 10.8. The summed E-state index contributed by atoms with van der Waals surface area (Å²) in [5.41, 5.74) is 2.76. The van der Waals surface area contributed by atoms with Crippen LogP contribution in [0.1, 0.15) is 46.0 Å². The average Bonchev–Trinajstić information content (AvgIpc) is 2.38. The zero-order valence-electron chi connectivity index (χ0n) is 11.3. The Hall–Kier alpha value is -1.66. The Bertz CT molecular complexity index is 367. The Labute approximate surface area is 110 Å². The highest BCUT2D eigenvalue weighted by Gasteiger charge is 1.95. The fourth-order valence-corrected chi connectivity index (χ4v) is 1.20. The van der Waals surface area contributed by atoms with Crippen LogP contribution in [0.4, 0.5) is 0 Å². The standard InChI is InChI=1S/C16H22O2/c1-3-5-6-9-13-16(18)14-11-8-7-10-12-15(17)4-2/h5-8,11-12H,3-4,9,13-14H2,1-2H3. The normalized spacial score (nSPS) is 10.6. The van der Waals surface area contributed by atoms with Crippen molar-refractivity contribution in [3.05, 3.63) is 42.2 Å². The molecule has 98 valence electrons. The van der Waals surface area contributed by atoms with Crippen LogP contribution in [0.25, 0.3) is 0 Å². The third-order valence-electron chi connectivity index (χ3n) is 2.26. The lowest BCUT2D eigenvalue weighted by atomic mass is 10.1. The summed E-state index contributed by atoms with van der Waals surface area (Å²) in [5.74, 6) is 0.285. The molecule has 0 aliphatic heterocycles. The van der Waals surface area contributed by atoms with Crippen LogP contribution in [0, 0.1) is 0 Å². The molecule has 0 radical (unpaired) electrons. The van der Waals surface area contributed by atoms with Gasteiger partial charge >= 0.3 is 0 Å². The number of ketones is 2. The van der Waals surface area contributed by atoms with E-state index in [1.165, 1.54) is 6.08 Å². The molecule has 0 spiro atoms. The highest BCUT2D eigenvalue weighted by atomic mass is 16.1. The minimum absolute atomic E-state index is 0.0541. The van der Waals surface area contributed by atoms with E-state index in [2.05, 4.69) is 18.7 Å². The van der Waals surface area contributed by atoms with E-state index in [4.69, 9.17) is 0 Å². The Balaban J connectivity index is 3.81. The molecule has 2 heteroatoms. The first-order valence-corrected chi connectivity index (χ1v) is 6.47. The fraction of sp³-hybridized carbons (Fsp3) is 0.438. The quantitative estimate of drug-likeness (QED) is 0.267. The summed E-state index contributed by atoms with van der Waals surface area (Å²) in [6.45, 7) is 3.88. The van der Waals surface area contributed by atoms with Crippen molar-refractivity contribution < 1.29 is 9.59 Å². The molecular weight excluding hydrogens is 224 g/mol. The van der Waals surface area contributed by atoms with E-state index in [0.29, 0.717) is 19.3 Å². The molecule has 0 unspecified atom stereocenters. The minimum Gasteiger partial charge on any atom is -0.299 e. The Morgan fingerprint density at radius 1 is 1.11 bits per heavy atom. The van der Waals surface area contributed by atoms with Gasteiger partial charge in [0, 0.05) is 25.3 Å². The number of rotatable bonds is 9. The average molecular weight is 246 g/mol. The monoisotopic (exact) mass is 246 g/mol. The van der Waals surface area contributed by atoms with E-state index in [0.717, 1.165) is 12.8 Å². The molecule has 0 atom stereocenters. The molecule has 0 aromatic heterocycles. The summed E-state index contributed by atoms with van der Waals surface area (Å²) in [6, 6.07) is 0. The SMILES string of the molecule is CCC=CCCC(=O)CC=CC=C=CC(=O)CC. The second-order valence-corrected chi connectivity index (χ2v) is 3.89. The van der Waals surface area contributed by atoms with Gasteiger partial charge in [0.1, 0.15) is 5.78 Å². The van der Waals surface area contributed by atoms with Crippen LogP contribution in [-0.4, -0.2) is 11.6 Å². The van der Waals surface area contributed by atoms with E-state index in [-0.39, 0.29) is 11.6 Å². The minimum atomic E-state index is 0.0541. The Morgan fingerprint density at radius 3 is 2.56 bits per heavy atom. The molecule has 0 heterocycles. The van der Waals surface area contributed by atoms with Crippen LogP contribution in [0.3, 0.4) is 0 Å². The van der Waals surface area contributed by atoms with Gasteiger partial charge in [-0.15, -0.1) is 5.73 Å². The van der Waals surface area contributed by atoms with Gasteiger partial charge in [-0.2, -0.15) is 0 Å². The van der Waals surface area contributed by atoms with Crippen molar-refractivity contribution in [3.63, 3.8) is 0 Å². The summed E-state index contributed by atoms with van der Waals surface area (Å²) < 4.78 is 0. The van der Waals surface area contributed by atoms with Gasteiger partial charge in [-0.25, -0.2) is 0 Å². The van der Waals surface area contributed by atoms with E-state index < -0.39 is 0 Å². The zero-order valence-corrected chi connectivity index (χ0v) is 11.3. The van der Waals surface area contributed by atoms with Crippen molar-refractivity contribution >= 4 is 11.6 Å². The lowest BCUT2D eigenvalue weighted by Gasteiger charge is -1.92. The summed E-state index contributed by atoms with van der Waals surface area (Å²) in [6.07, 6.45) is 14.1. The second-order valence-electron chi connectivity index (χ2n) is 3.89. The number of Topliss-reactive ketones (excluding diaryl/α,β-unsaturated/α-hetero) is 1. The number of carbonyl (C=O) groups excluding carboxylic acids is 2. The van der Waals surface area contributed by atoms with Gasteiger partial charge in [0.2, 0.25) is 0 Å². The van der Waals surface area contributed by atoms with Crippen LogP contribution in [-0.2, 0) is 9.59 Å². The van der Waals surface area contributed by atoms with Crippen molar-refractivity contribution in [2.45, 2.75) is 46.0 Å². The van der Waals surface area contributed by atoms with Gasteiger partial charge in [0.05, 0.1) is 0 Å². The topological polar surface area (TPSA) is 34.1 Å². The fourth-order valence-electron chi connectivity index (χ4n) is 1.20. The first kappa shape index (κ1) is 16.3. The van der Waals surface area contributed by atoms with Crippen molar-refractivity contribution in [1.82, 2.24) is 0 Å². The van der Waals surface area contributed by atoms with E-state index in [1.807, 2.05) is 13.0 Å². The van der Waals surface area contributed by atoms with Gasteiger partial charge in [-0.05, 0) is 18.9 Å². The Morgan fingerprint density at radius 2 is 1.89 bits per heavy atom. The van der Waals surface area contributed by atoms with Crippen LogP contribution in [0.5, 0.6) is 0 Å². The van der Waals surface area contributed by atoms with Crippen LogP contribution < -0.4 is 0 Å². The van der Waals surface area contributed by atoms with E-state index in [9.17, 15) is 9.59 Å². The molecule has 0 aromatic carbocycles. The molecule has 18 heavy (non-hydrogen) atoms. The third-order valence-corrected chi connectivity index (χ3v) is 2.26. The molecule has 0 rings (SSSR count). The van der Waals surface area contributed by atoms with Gasteiger partial charge < -0.3 is 0 Å². The number of hydrogen-bond donors (Lipinski definition) is 0. The lowest BCUT2D eigenvalue weighted by molar-refractivity contribution is -0.118. The van der Waals surface area contributed by atoms with Gasteiger partial charge in [-0.3, -0.25) is 9.59 Å². The van der Waals surface area contributed by atoms with Crippen molar-refractivity contribution in [1.29, 1.82) is 0 Å². The molecule has 2 nitrogen and oxygen atoms in total. The van der Waals surface area contributed by atoms with Crippen LogP contribution >= 0.6 is 0 Å². The first-order valence-electron chi connectivity index (χ1n) is 6.47. The van der Waals surface area contributed by atoms with E-state index in [1.54, 1.807) is 18.2 Å². The maximum atomic E-state index is 11.4. The summed E-state index contributed by atoms with van der Waals surface area (Å²) in [4.78, 5) is 22.3. The predicted molar refractivity (Wildman–Crippen MR) is 75.4 cm³/mol. The molecule has 0 aliphatic carbocycles. The van der Waals surface area contributed by atoms with Gasteiger partial charge in [0.25, 0.3) is 0 Å². The van der Waals surface area contributed by atoms with Gasteiger partial charge in [-0.1, -0.05) is 38.2 Å². The second kappa shape index (κ2) is 11.8. The number of hydrogen-bond acceptors (Lipinski definition) is 2. The Kier molecular flexibility index (Phi) is 10.7. The molecule has 0 saturated heterocycles. The maximum Gasteiger partial charge on any atom is 0.163 e. The molecule has 0 N–H and O–H groups in total. The van der Waals surface area contributed by atoms with Gasteiger partial charge in [0.15, 0.2) is 5.78 Å². The first-order chi connectivity index (χ1) is 8.70. The van der Waals surface area contributed by atoms with Crippen molar-refractivity contribution in [2.24, 2.45) is 0 Å². The summed E-state index contributed by atoms with van der Waals surface area (Å²) >= 11 is 0. The number of allylic oxidation sites excluding steroid dienone is 5. The van der Waals surface area contributed by atoms with Crippen LogP contribution in [0.15, 0.2) is 42.2 Å².